The molecule has 1 aromatic carbocycles. The summed E-state index contributed by atoms with van der Waals surface area (Å²) in [5, 5.41) is 12.2. The molecule has 122 valence electrons. The lowest BCUT2D eigenvalue weighted by atomic mass is 9.84. The highest BCUT2D eigenvalue weighted by Crippen LogP contribution is 2.49. The first-order chi connectivity index (χ1) is 11.1. The zero-order valence-corrected chi connectivity index (χ0v) is 13.8. The molecule has 23 heavy (non-hydrogen) atoms. The Labute approximate surface area is 137 Å². The van der Waals surface area contributed by atoms with Gasteiger partial charge >= 0.3 is 0 Å². The van der Waals surface area contributed by atoms with Gasteiger partial charge in [0.1, 0.15) is 11.8 Å². The normalized spacial score (nSPS) is 28.0. The van der Waals surface area contributed by atoms with Crippen LogP contribution >= 0.6 is 0 Å². The van der Waals surface area contributed by atoms with Gasteiger partial charge in [-0.2, -0.15) is 5.26 Å². The van der Waals surface area contributed by atoms with Gasteiger partial charge < -0.3 is 10.1 Å². The maximum absolute atomic E-state index is 12.4. The van der Waals surface area contributed by atoms with Crippen molar-refractivity contribution in [3.8, 4) is 11.8 Å². The van der Waals surface area contributed by atoms with E-state index >= 15 is 0 Å². The molecule has 2 saturated carbocycles. The lowest BCUT2D eigenvalue weighted by Gasteiger charge is -2.29. The summed E-state index contributed by atoms with van der Waals surface area (Å²) in [6.45, 7) is 3.84. The van der Waals surface area contributed by atoms with E-state index in [0.717, 1.165) is 11.8 Å². The minimum Gasteiger partial charge on any atom is -0.480 e. The zero-order valence-electron chi connectivity index (χ0n) is 13.8. The fourth-order valence-electron chi connectivity index (χ4n) is 4.26. The number of nitriles is 1. The SMILES string of the molecule is C[C@H](Oc1ccccc1C#N)C(=O)N[C@@H](C)[C@@H]1C[C@@H]2CC[C@@H]1C2. The number of carbonyl (C=O) groups is 1. The molecular weight excluding hydrogens is 288 g/mol. The van der Waals surface area contributed by atoms with Crippen LogP contribution in [0.4, 0.5) is 0 Å². The van der Waals surface area contributed by atoms with E-state index in [0.29, 0.717) is 17.2 Å². The van der Waals surface area contributed by atoms with Crippen LogP contribution in [0.3, 0.4) is 0 Å². The maximum Gasteiger partial charge on any atom is 0.260 e. The van der Waals surface area contributed by atoms with Crippen LogP contribution in [-0.2, 0) is 4.79 Å². The van der Waals surface area contributed by atoms with Gasteiger partial charge in [-0.1, -0.05) is 18.6 Å². The van der Waals surface area contributed by atoms with E-state index in [1.807, 2.05) is 0 Å². The first kappa shape index (κ1) is 15.9. The molecule has 0 aromatic heterocycles. The minimum atomic E-state index is -0.606. The lowest BCUT2D eigenvalue weighted by Crippen LogP contribution is -2.45. The Hall–Kier alpha value is -2.02. The smallest absolute Gasteiger partial charge is 0.260 e. The molecular formula is C19H24N2O2. The van der Waals surface area contributed by atoms with Crippen LogP contribution in [0.5, 0.6) is 5.75 Å². The fourth-order valence-corrected chi connectivity index (χ4v) is 4.26. The van der Waals surface area contributed by atoms with Gasteiger partial charge in [0.05, 0.1) is 5.56 Å². The number of hydrogen-bond acceptors (Lipinski definition) is 3. The largest absolute Gasteiger partial charge is 0.480 e. The van der Waals surface area contributed by atoms with E-state index in [2.05, 4.69) is 18.3 Å². The van der Waals surface area contributed by atoms with Crippen molar-refractivity contribution < 1.29 is 9.53 Å². The molecule has 2 bridgehead atoms. The number of benzene rings is 1. The standard InChI is InChI=1S/C19H24N2O2/c1-12(17-10-14-7-8-15(17)9-14)21-19(22)13(2)23-18-6-4-3-5-16(18)11-20/h3-6,12-15,17H,7-10H2,1-2H3,(H,21,22)/t12-,13-,14+,15+,17-/m0/s1. The van der Waals surface area contributed by atoms with Gasteiger partial charge in [-0.25, -0.2) is 0 Å². The number of fused-ring (bicyclic) bond motifs is 2. The van der Waals surface area contributed by atoms with Crippen molar-refractivity contribution in [2.45, 2.75) is 51.7 Å². The molecule has 4 heteroatoms. The second-order valence-corrected chi connectivity index (χ2v) is 7.00. The molecule has 1 aromatic rings. The third kappa shape index (κ3) is 3.34. The molecule has 4 nitrogen and oxygen atoms in total. The van der Waals surface area contributed by atoms with Crippen molar-refractivity contribution in [1.29, 1.82) is 5.26 Å². The Balaban J connectivity index is 1.56. The molecule has 3 rings (SSSR count). The predicted octanol–water partition coefficient (Wildman–Crippen LogP) is 3.27. The van der Waals surface area contributed by atoms with Crippen molar-refractivity contribution in [3.05, 3.63) is 29.8 Å². The van der Waals surface area contributed by atoms with Gasteiger partial charge in [0.2, 0.25) is 0 Å². The van der Waals surface area contributed by atoms with E-state index in [1.165, 1.54) is 25.7 Å². The topological polar surface area (TPSA) is 62.1 Å². The predicted molar refractivity (Wildman–Crippen MR) is 87.8 cm³/mol. The van der Waals surface area contributed by atoms with Gasteiger partial charge in [0.15, 0.2) is 6.10 Å². The van der Waals surface area contributed by atoms with Crippen LogP contribution in [0.25, 0.3) is 0 Å². The molecule has 2 aliphatic carbocycles. The average Bonchev–Trinajstić information content (AvgIpc) is 3.18. The monoisotopic (exact) mass is 312 g/mol. The molecule has 5 atom stereocenters. The van der Waals surface area contributed by atoms with Gasteiger partial charge in [-0.3, -0.25) is 4.79 Å². The molecule has 0 spiro atoms. The summed E-state index contributed by atoms with van der Waals surface area (Å²) in [6.07, 6.45) is 4.67. The van der Waals surface area contributed by atoms with Crippen molar-refractivity contribution in [1.82, 2.24) is 5.32 Å². The van der Waals surface area contributed by atoms with Crippen LogP contribution < -0.4 is 10.1 Å². The van der Waals surface area contributed by atoms with Crippen LogP contribution in [0.1, 0.15) is 45.1 Å². The number of hydrogen-bond donors (Lipinski definition) is 1. The zero-order chi connectivity index (χ0) is 16.4. The second-order valence-electron chi connectivity index (χ2n) is 7.00. The summed E-state index contributed by atoms with van der Waals surface area (Å²) >= 11 is 0. The number of nitrogens with zero attached hydrogens (tertiary/aromatic N) is 1. The summed E-state index contributed by atoms with van der Waals surface area (Å²) in [7, 11) is 0. The third-order valence-electron chi connectivity index (χ3n) is 5.49. The molecule has 0 unspecified atom stereocenters. The number of rotatable bonds is 5. The summed E-state index contributed by atoms with van der Waals surface area (Å²) in [6, 6.07) is 9.28. The first-order valence-corrected chi connectivity index (χ1v) is 8.54. The Morgan fingerprint density at radius 1 is 1.30 bits per heavy atom. The van der Waals surface area contributed by atoms with Crippen LogP contribution in [0, 0.1) is 29.1 Å². The highest BCUT2D eigenvalue weighted by Gasteiger charge is 2.42. The number of nitrogens with one attached hydrogen (secondary N) is 1. The molecule has 1 amide bonds. The molecule has 1 N–H and O–H groups in total. The molecule has 2 fully saturated rings. The lowest BCUT2D eigenvalue weighted by molar-refractivity contribution is -0.128. The van der Waals surface area contributed by atoms with E-state index in [9.17, 15) is 4.79 Å². The second kappa shape index (κ2) is 6.62. The molecule has 0 aliphatic heterocycles. The van der Waals surface area contributed by atoms with E-state index < -0.39 is 6.10 Å². The van der Waals surface area contributed by atoms with Crippen molar-refractivity contribution in [2.75, 3.05) is 0 Å². The van der Waals surface area contributed by atoms with Crippen molar-refractivity contribution >= 4 is 5.91 Å². The fraction of sp³-hybridized carbons (Fsp3) is 0.579. The molecule has 0 saturated heterocycles. The van der Waals surface area contributed by atoms with Crippen LogP contribution in [0.2, 0.25) is 0 Å². The van der Waals surface area contributed by atoms with Crippen LogP contribution in [0.15, 0.2) is 24.3 Å². The Morgan fingerprint density at radius 2 is 2.09 bits per heavy atom. The maximum atomic E-state index is 12.4. The summed E-state index contributed by atoms with van der Waals surface area (Å²) in [5.41, 5.74) is 0.452. The van der Waals surface area contributed by atoms with E-state index in [4.69, 9.17) is 10.00 Å². The molecule has 0 heterocycles. The highest BCUT2D eigenvalue weighted by atomic mass is 16.5. The number of ether oxygens (including phenoxy) is 1. The number of para-hydroxylation sites is 1. The third-order valence-corrected chi connectivity index (χ3v) is 5.49. The number of carbonyl (C=O) groups excluding carboxylic acids is 1. The van der Waals surface area contributed by atoms with Gasteiger partial charge in [0, 0.05) is 6.04 Å². The Bertz CT molecular complexity index is 622. The molecule has 2 aliphatic rings. The van der Waals surface area contributed by atoms with Crippen molar-refractivity contribution in [3.63, 3.8) is 0 Å². The van der Waals surface area contributed by atoms with Gasteiger partial charge in [-0.15, -0.1) is 0 Å². The van der Waals surface area contributed by atoms with Crippen LogP contribution in [-0.4, -0.2) is 18.1 Å². The Kier molecular flexibility index (Phi) is 4.56. The molecule has 0 radical (unpaired) electrons. The highest BCUT2D eigenvalue weighted by molar-refractivity contribution is 5.81. The summed E-state index contributed by atoms with van der Waals surface area (Å²) < 4.78 is 5.69. The number of amides is 1. The minimum absolute atomic E-state index is 0.104. The first-order valence-electron chi connectivity index (χ1n) is 8.54. The van der Waals surface area contributed by atoms with E-state index in [1.54, 1.807) is 31.2 Å². The van der Waals surface area contributed by atoms with Gasteiger partial charge in [0.25, 0.3) is 5.91 Å². The van der Waals surface area contributed by atoms with Crippen molar-refractivity contribution in [2.24, 2.45) is 17.8 Å². The summed E-state index contributed by atoms with van der Waals surface area (Å²) in [5.74, 6) is 2.63. The summed E-state index contributed by atoms with van der Waals surface area (Å²) in [4.78, 5) is 12.4. The average molecular weight is 312 g/mol. The quantitative estimate of drug-likeness (QED) is 0.907. The Morgan fingerprint density at radius 3 is 2.74 bits per heavy atom. The van der Waals surface area contributed by atoms with E-state index in [-0.39, 0.29) is 11.9 Å². The van der Waals surface area contributed by atoms with Gasteiger partial charge in [-0.05, 0) is 63.0 Å².